The Bertz CT molecular complexity index is 443. The van der Waals surface area contributed by atoms with E-state index < -0.39 is 0 Å². The molecule has 19 heavy (non-hydrogen) atoms. The second-order valence-electron chi connectivity index (χ2n) is 6.63. The summed E-state index contributed by atoms with van der Waals surface area (Å²) >= 11 is 0. The fraction of sp³-hybridized carbons (Fsp3) is 0.647. The molecule has 1 aromatic rings. The normalized spacial score (nSPS) is 19.9. The Morgan fingerprint density at radius 3 is 2.58 bits per heavy atom. The highest BCUT2D eigenvalue weighted by Gasteiger charge is 2.25. The standard InChI is InChI=1S/C17H28N2/c1-12-6-7-16(14(3)13(12)2)17(4,5)11-19-15-8-9-18-10-15/h6-7,15,18-19H,8-11H2,1-5H3. The van der Waals surface area contributed by atoms with E-state index in [1.54, 1.807) is 0 Å². The highest BCUT2D eigenvalue weighted by molar-refractivity contribution is 5.42. The summed E-state index contributed by atoms with van der Waals surface area (Å²) in [5.74, 6) is 0. The molecule has 1 saturated heterocycles. The first-order valence-electron chi connectivity index (χ1n) is 7.43. The van der Waals surface area contributed by atoms with Gasteiger partial charge in [0.15, 0.2) is 0 Å². The van der Waals surface area contributed by atoms with Gasteiger partial charge in [0, 0.05) is 24.5 Å². The van der Waals surface area contributed by atoms with Gasteiger partial charge >= 0.3 is 0 Å². The summed E-state index contributed by atoms with van der Waals surface area (Å²) in [6, 6.07) is 5.22. The van der Waals surface area contributed by atoms with Gasteiger partial charge in [-0.3, -0.25) is 0 Å². The van der Waals surface area contributed by atoms with Gasteiger partial charge in [-0.2, -0.15) is 0 Å². The van der Waals surface area contributed by atoms with Crippen molar-refractivity contribution >= 4 is 0 Å². The molecule has 0 amide bonds. The molecule has 0 spiro atoms. The van der Waals surface area contributed by atoms with Gasteiger partial charge in [-0.05, 0) is 56.0 Å². The van der Waals surface area contributed by atoms with Crippen LogP contribution >= 0.6 is 0 Å². The van der Waals surface area contributed by atoms with E-state index in [1.807, 2.05) is 0 Å². The average molecular weight is 260 g/mol. The van der Waals surface area contributed by atoms with Crippen LogP contribution in [0.25, 0.3) is 0 Å². The molecule has 0 radical (unpaired) electrons. The minimum absolute atomic E-state index is 0.186. The molecule has 1 unspecified atom stereocenters. The van der Waals surface area contributed by atoms with E-state index in [-0.39, 0.29) is 5.41 Å². The van der Waals surface area contributed by atoms with Crippen molar-refractivity contribution in [3.05, 3.63) is 34.4 Å². The van der Waals surface area contributed by atoms with E-state index in [1.165, 1.54) is 28.7 Å². The van der Waals surface area contributed by atoms with Crippen molar-refractivity contribution in [1.29, 1.82) is 0 Å². The Balaban J connectivity index is 2.12. The van der Waals surface area contributed by atoms with Gasteiger partial charge in [0.05, 0.1) is 0 Å². The van der Waals surface area contributed by atoms with E-state index in [9.17, 15) is 0 Å². The summed E-state index contributed by atoms with van der Waals surface area (Å²) in [4.78, 5) is 0. The van der Waals surface area contributed by atoms with Crippen molar-refractivity contribution in [3.8, 4) is 0 Å². The van der Waals surface area contributed by atoms with Crippen molar-refractivity contribution < 1.29 is 0 Å². The van der Waals surface area contributed by atoms with Crippen LogP contribution in [-0.2, 0) is 5.41 Å². The lowest BCUT2D eigenvalue weighted by molar-refractivity contribution is 0.427. The monoisotopic (exact) mass is 260 g/mol. The number of nitrogens with one attached hydrogen (secondary N) is 2. The van der Waals surface area contributed by atoms with E-state index in [0.29, 0.717) is 6.04 Å². The summed E-state index contributed by atoms with van der Waals surface area (Å²) < 4.78 is 0. The summed E-state index contributed by atoms with van der Waals surface area (Å²) in [6.07, 6.45) is 1.25. The Hall–Kier alpha value is -0.860. The van der Waals surface area contributed by atoms with Crippen LogP contribution < -0.4 is 10.6 Å². The first-order valence-corrected chi connectivity index (χ1v) is 7.43. The van der Waals surface area contributed by atoms with Crippen molar-refractivity contribution in [1.82, 2.24) is 10.6 Å². The molecule has 1 atom stereocenters. The molecular weight excluding hydrogens is 232 g/mol. The van der Waals surface area contributed by atoms with Crippen molar-refractivity contribution in [3.63, 3.8) is 0 Å². The largest absolute Gasteiger partial charge is 0.315 e. The zero-order valence-corrected chi connectivity index (χ0v) is 13.1. The van der Waals surface area contributed by atoms with Crippen molar-refractivity contribution in [2.75, 3.05) is 19.6 Å². The molecule has 106 valence electrons. The van der Waals surface area contributed by atoms with Crippen LogP contribution in [0, 0.1) is 20.8 Å². The summed E-state index contributed by atoms with van der Waals surface area (Å²) in [5.41, 5.74) is 5.95. The third-order valence-corrected chi connectivity index (χ3v) is 4.68. The zero-order chi connectivity index (χ0) is 14.0. The minimum Gasteiger partial charge on any atom is -0.315 e. The van der Waals surface area contributed by atoms with Crippen LogP contribution in [0.3, 0.4) is 0 Å². The Kier molecular flexibility index (Phi) is 4.32. The quantitative estimate of drug-likeness (QED) is 0.870. The second-order valence-corrected chi connectivity index (χ2v) is 6.63. The summed E-state index contributed by atoms with van der Waals surface area (Å²) in [6.45, 7) is 14.7. The third kappa shape index (κ3) is 3.18. The number of benzene rings is 1. The molecule has 2 N–H and O–H groups in total. The SMILES string of the molecule is Cc1ccc(C(C)(C)CNC2CCNC2)c(C)c1C. The highest BCUT2D eigenvalue weighted by Crippen LogP contribution is 2.29. The lowest BCUT2D eigenvalue weighted by atomic mass is 9.80. The van der Waals surface area contributed by atoms with Crippen LogP contribution in [0.15, 0.2) is 12.1 Å². The molecule has 1 fully saturated rings. The molecule has 2 heteroatoms. The fourth-order valence-corrected chi connectivity index (χ4v) is 3.01. The van der Waals surface area contributed by atoms with Crippen molar-refractivity contribution in [2.45, 2.75) is 52.5 Å². The van der Waals surface area contributed by atoms with Crippen LogP contribution in [0.1, 0.15) is 42.5 Å². The Morgan fingerprint density at radius 1 is 1.21 bits per heavy atom. The van der Waals surface area contributed by atoms with Gasteiger partial charge in [0.2, 0.25) is 0 Å². The zero-order valence-electron chi connectivity index (χ0n) is 13.1. The Labute approximate surface area is 118 Å². The molecule has 0 saturated carbocycles. The van der Waals surface area contributed by atoms with Crippen LogP contribution in [0.4, 0.5) is 0 Å². The maximum absolute atomic E-state index is 3.72. The number of hydrogen-bond donors (Lipinski definition) is 2. The molecule has 0 bridgehead atoms. The van der Waals surface area contributed by atoms with Crippen LogP contribution in [0.5, 0.6) is 0 Å². The smallest absolute Gasteiger partial charge is 0.0204 e. The molecule has 2 nitrogen and oxygen atoms in total. The highest BCUT2D eigenvalue weighted by atomic mass is 15.0. The van der Waals surface area contributed by atoms with Gasteiger partial charge in [-0.25, -0.2) is 0 Å². The first-order chi connectivity index (χ1) is 8.92. The molecule has 1 aromatic carbocycles. The van der Waals surface area contributed by atoms with E-state index in [4.69, 9.17) is 0 Å². The van der Waals surface area contributed by atoms with E-state index in [0.717, 1.165) is 19.6 Å². The molecule has 1 aliphatic rings. The van der Waals surface area contributed by atoms with E-state index in [2.05, 4.69) is 57.4 Å². The van der Waals surface area contributed by atoms with Crippen molar-refractivity contribution in [2.24, 2.45) is 0 Å². The second kappa shape index (κ2) is 5.64. The average Bonchev–Trinajstić information content (AvgIpc) is 2.86. The summed E-state index contributed by atoms with van der Waals surface area (Å²) in [7, 11) is 0. The van der Waals surface area contributed by atoms with Gasteiger partial charge in [0.25, 0.3) is 0 Å². The van der Waals surface area contributed by atoms with E-state index >= 15 is 0 Å². The lowest BCUT2D eigenvalue weighted by Crippen LogP contribution is -2.40. The predicted molar refractivity (Wildman–Crippen MR) is 83.0 cm³/mol. The number of rotatable bonds is 4. The van der Waals surface area contributed by atoms with Gasteiger partial charge in [-0.15, -0.1) is 0 Å². The fourth-order valence-electron chi connectivity index (χ4n) is 3.01. The molecular formula is C17H28N2. The molecule has 2 rings (SSSR count). The predicted octanol–water partition coefficient (Wildman–Crippen LogP) is 2.84. The molecule has 0 aromatic heterocycles. The Morgan fingerprint density at radius 2 is 1.95 bits per heavy atom. The molecule has 0 aliphatic carbocycles. The van der Waals surface area contributed by atoms with Gasteiger partial charge < -0.3 is 10.6 Å². The number of aryl methyl sites for hydroxylation is 1. The van der Waals surface area contributed by atoms with Crippen LogP contribution in [0.2, 0.25) is 0 Å². The maximum Gasteiger partial charge on any atom is 0.0204 e. The lowest BCUT2D eigenvalue weighted by Gasteiger charge is -2.30. The molecule has 1 heterocycles. The van der Waals surface area contributed by atoms with Crippen LogP contribution in [-0.4, -0.2) is 25.7 Å². The molecule has 1 aliphatic heterocycles. The van der Waals surface area contributed by atoms with Gasteiger partial charge in [0.1, 0.15) is 0 Å². The van der Waals surface area contributed by atoms with Gasteiger partial charge in [-0.1, -0.05) is 26.0 Å². The first kappa shape index (κ1) is 14.5. The maximum atomic E-state index is 3.72. The number of hydrogen-bond acceptors (Lipinski definition) is 2. The minimum atomic E-state index is 0.186. The third-order valence-electron chi connectivity index (χ3n) is 4.68. The summed E-state index contributed by atoms with van der Waals surface area (Å²) in [5, 5.41) is 7.13. The topological polar surface area (TPSA) is 24.1 Å².